The first-order valence-corrected chi connectivity index (χ1v) is 4.38. The average Bonchev–Trinajstić information content (AvgIpc) is 2.26. The number of esters is 1. The van der Waals surface area contributed by atoms with Gasteiger partial charge < -0.3 is 10.5 Å². The van der Waals surface area contributed by atoms with Crippen LogP contribution in [0.25, 0.3) is 0 Å². The van der Waals surface area contributed by atoms with Crippen LogP contribution >= 0.6 is 0 Å². The normalized spacial score (nSPS) is 11.3. The summed E-state index contributed by atoms with van der Waals surface area (Å²) in [6, 6.07) is 3.17. The van der Waals surface area contributed by atoms with Gasteiger partial charge in [0.15, 0.2) is 0 Å². The number of rotatable bonds is 2. The fourth-order valence-electron chi connectivity index (χ4n) is 1.26. The molecule has 0 radical (unpaired) electrons. The van der Waals surface area contributed by atoms with Crippen molar-refractivity contribution < 1.29 is 22.7 Å². The van der Waals surface area contributed by atoms with Crippen molar-refractivity contribution in [2.24, 2.45) is 5.73 Å². The first-order chi connectivity index (χ1) is 7.40. The summed E-state index contributed by atoms with van der Waals surface area (Å²) in [6.45, 7) is -0.240. The lowest BCUT2D eigenvalue weighted by molar-refractivity contribution is -0.138. The molecule has 0 heterocycles. The number of ether oxygens (including phenoxy) is 1. The molecule has 0 bridgehead atoms. The SMILES string of the molecule is COC(=O)c1ccc(CN)c(C(F)(F)F)c1. The van der Waals surface area contributed by atoms with Crippen molar-refractivity contribution in [3.05, 3.63) is 34.9 Å². The van der Waals surface area contributed by atoms with Gasteiger partial charge in [0, 0.05) is 6.54 Å². The van der Waals surface area contributed by atoms with Crippen LogP contribution in [0.4, 0.5) is 13.2 Å². The van der Waals surface area contributed by atoms with E-state index < -0.39 is 17.7 Å². The predicted molar refractivity (Wildman–Crippen MR) is 50.7 cm³/mol. The Hall–Kier alpha value is -1.56. The molecule has 2 N–H and O–H groups in total. The van der Waals surface area contributed by atoms with Crippen molar-refractivity contribution in [1.29, 1.82) is 0 Å². The quantitative estimate of drug-likeness (QED) is 0.794. The summed E-state index contributed by atoms with van der Waals surface area (Å²) in [5.41, 5.74) is 4.08. The van der Waals surface area contributed by atoms with E-state index >= 15 is 0 Å². The molecule has 1 rings (SSSR count). The van der Waals surface area contributed by atoms with Gasteiger partial charge in [0.2, 0.25) is 0 Å². The van der Waals surface area contributed by atoms with Crippen molar-refractivity contribution in [3.63, 3.8) is 0 Å². The number of carbonyl (C=O) groups is 1. The van der Waals surface area contributed by atoms with E-state index in [9.17, 15) is 18.0 Å². The minimum atomic E-state index is -4.53. The Kier molecular flexibility index (Phi) is 3.54. The predicted octanol–water partition coefficient (Wildman–Crippen LogP) is 1.95. The van der Waals surface area contributed by atoms with Crippen molar-refractivity contribution in [1.82, 2.24) is 0 Å². The largest absolute Gasteiger partial charge is 0.465 e. The lowest BCUT2D eigenvalue weighted by atomic mass is 10.0. The van der Waals surface area contributed by atoms with Crippen molar-refractivity contribution in [3.8, 4) is 0 Å². The number of nitrogens with two attached hydrogens (primary N) is 1. The highest BCUT2D eigenvalue weighted by Crippen LogP contribution is 2.32. The van der Waals surface area contributed by atoms with Gasteiger partial charge in [0.25, 0.3) is 0 Å². The lowest BCUT2D eigenvalue weighted by Gasteiger charge is -2.12. The highest BCUT2D eigenvalue weighted by Gasteiger charge is 2.33. The molecular formula is C10H10F3NO2. The molecule has 0 unspecified atom stereocenters. The number of methoxy groups -OCH3 is 1. The van der Waals surface area contributed by atoms with Crippen molar-refractivity contribution in [2.45, 2.75) is 12.7 Å². The van der Waals surface area contributed by atoms with Crippen molar-refractivity contribution >= 4 is 5.97 Å². The summed E-state index contributed by atoms with van der Waals surface area (Å²) >= 11 is 0. The fraction of sp³-hybridized carbons (Fsp3) is 0.300. The maximum atomic E-state index is 12.6. The molecule has 0 fully saturated rings. The summed E-state index contributed by atoms with van der Waals surface area (Å²) in [6.07, 6.45) is -4.53. The molecular weight excluding hydrogens is 223 g/mol. The maximum Gasteiger partial charge on any atom is 0.416 e. The van der Waals surface area contributed by atoms with Crippen LogP contribution in [0, 0.1) is 0 Å². The molecule has 3 nitrogen and oxygen atoms in total. The highest BCUT2D eigenvalue weighted by molar-refractivity contribution is 5.89. The Bertz CT molecular complexity index is 402. The molecule has 16 heavy (non-hydrogen) atoms. The zero-order valence-electron chi connectivity index (χ0n) is 8.47. The van der Waals surface area contributed by atoms with Crippen LogP contribution in [0.1, 0.15) is 21.5 Å². The van der Waals surface area contributed by atoms with Gasteiger partial charge in [-0.25, -0.2) is 4.79 Å². The molecule has 0 aliphatic rings. The second-order valence-electron chi connectivity index (χ2n) is 3.07. The Morgan fingerprint density at radius 3 is 2.50 bits per heavy atom. The highest BCUT2D eigenvalue weighted by atomic mass is 19.4. The number of alkyl halides is 3. The second kappa shape index (κ2) is 4.52. The van der Waals surface area contributed by atoms with E-state index in [0.29, 0.717) is 0 Å². The zero-order chi connectivity index (χ0) is 12.3. The Morgan fingerprint density at radius 2 is 2.06 bits per heavy atom. The number of carbonyl (C=O) groups excluding carboxylic acids is 1. The Balaban J connectivity index is 3.27. The van der Waals surface area contributed by atoms with Crippen LogP contribution in [0.3, 0.4) is 0 Å². The number of benzene rings is 1. The van der Waals surface area contributed by atoms with E-state index in [1.54, 1.807) is 0 Å². The molecule has 0 aliphatic heterocycles. The zero-order valence-corrected chi connectivity index (χ0v) is 8.47. The standard InChI is InChI=1S/C10H10F3NO2/c1-16-9(15)6-2-3-7(5-14)8(4-6)10(11,12)13/h2-4H,5,14H2,1H3. The molecule has 6 heteroatoms. The van der Waals surface area contributed by atoms with Crippen LogP contribution < -0.4 is 5.73 Å². The summed E-state index contributed by atoms with van der Waals surface area (Å²) < 4.78 is 42.1. The van der Waals surface area contributed by atoms with Crippen LogP contribution in [0.2, 0.25) is 0 Å². The second-order valence-corrected chi connectivity index (χ2v) is 3.07. The van der Waals surface area contributed by atoms with Gasteiger partial charge in [-0.1, -0.05) is 6.07 Å². The van der Waals surface area contributed by atoms with Crippen LogP contribution in [0.15, 0.2) is 18.2 Å². The summed E-state index contributed by atoms with van der Waals surface area (Å²) in [5.74, 6) is -0.811. The molecule has 1 aromatic rings. The third-order valence-corrected chi connectivity index (χ3v) is 2.06. The average molecular weight is 233 g/mol. The van der Waals surface area contributed by atoms with E-state index in [2.05, 4.69) is 4.74 Å². The van der Waals surface area contributed by atoms with Crippen molar-refractivity contribution in [2.75, 3.05) is 7.11 Å². The van der Waals surface area contributed by atoms with E-state index in [4.69, 9.17) is 5.73 Å². The maximum absolute atomic E-state index is 12.6. The number of halogens is 3. The molecule has 0 amide bonds. The van der Waals surface area contributed by atoms with Crippen LogP contribution in [-0.2, 0) is 17.5 Å². The van der Waals surface area contributed by atoms with Gasteiger partial charge in [-0.2, -0.15) is 13.2 Å². The van der Waals surface area contributed by atoms with Gasteiger partial charge in [0.05, 0.1) is 18.2 Å². The summed E-state index contributed by atoms with van der Waals surface area (Å²) in [7, 11) is 1.10. The molecule has 1 aromatic carbocycles. The van der Waals surface area contributed by atoms with Gasteiger partial charge in [-0.3, -0.25) is 0 Å². The fourth-order valence-corrected chi connectivity index (χ4v) is 1.26. The van der Waals surface area contributed by atoms with E-state index in [1.807, 2.05) is 0 Å². The molecule has 0 saturated carbocycles. The van der Waals surface area contributed by atoms with E-state index in [0.717, 1.165) is 13.2 Å². The van der Waals surface area contributed by atoms with E-state index in [-0.39, 0.29) is 17.7 Å². The van der Waals surface area contributed by atoms with E-state index in [1.165, 1.54) is 12.1 Å². The van der Waals surface area contributed by atoms with Gasteiger partial charge >= 0.3 is 12.1 Å². The minimum absolute atomic E-state index is 0.0554. The topological polar surface area (TPSA) is 52.3 Å². The summed E-state index contributed by atoms with van der Waals surface area (Å²) in [4.78, 5) is 11.1. The van der Waals surface area contributed by atoms with Gasteiger partial charge in [-0.05, 0) is 17.7 Å². The Morgan fingerprint density at radius 1 is 1.44 bits per heavy atom. The monoisotopic (exact) mass is 233 g/mol. The first-order valence-electron chi connectivity index (χ1n) is 4.38. The van der Waals surface area contributed by atoms with Crippen LogP contribution in [-0.4, -0.2) is 13.1 Å². The third-order valence-electron chi connectivity index (χ3n) is 2.06. The van der Waals surface area contributed by atoms with Gasteiger partial charge in [-0.15, -0.1) is 0 Å². The summed E-state index contributed by atoms with van der Waals surface area (Å²) in [5, 5.41) is 0. The molecule has 0 atom stereocenters. The molecule has 0 saturated heterocycles. The minimum Gasteiger partial charge on any atom is -0.465 e. The number of hydrogen-bond acceptors (Lipinski definition) is 3. The molecule has 0 aromatic heterocycles. The van der Waals surface area contributed by atoms with Gasteiger partial charge in [0.1, 0.15) is 0 Å². The molecule has 0 aliphatic carbocycles. The Labute approximate surface area is 90.0 Å². The molecule has 0 spiro atoms. The van der Waals surface area contributed by atoms with Crippen LogP contribution in [0.5, 0.6) is 0 Å². The third kappa shape index (κ3) is 2.52. The number of hydrogen-bond donors (Lipinski definition) is 1. The smallest absolute Gasteiger partial charge is 0.416 e. The molecule has 88 valence electrons. The lowest BCUT2D eigenvalue weighted by Crippen LogP contribution is -2.14. The first kappa shape index (κ1) is 12.5.